The molecule has 252 valence electrons. The summed E-state index contributed by atoms with van der Waals surface area (Å²) in [6, 6.07) is 13.2. The third-order valence-electron chi connectivity index (χ3n) is 8.80. The van der Waals surface area contributed by atoms with E-state index in [4.69, 9.17) is 9.47 Å². The van der Waals surface area contributed by atoms with Crippen LogP contribution >= 0.6 is 0 Å². The monoisotopic (exact) mass is 670 g/mol. The summed E-state index contributed by atoms with van der Waals surface area (Å²) in [5.74, 6) is 1.17. The molecule has 11 nitrogen and oxygen atoms in total. The standard InChI is InChI=1S/C36H42N6O5S/c1-21(2)15-26-20-46-32-17-30(33-23(5)9-7-10-24(33)6)39-36(40-32)41-48(44,45)28-12-8-11-25(16-28)35(43)42(26)31-14-13-29(31)34-37-18-27(19-38-34)47-22(3)4/h7-12,16-19,21-22,26,29,31H,13-15,20H2,1-6H3,(H,39,40,41). The molecule has 12 heteroatoms. The van der Waals surface area contributed by atoms with E-state index < -0.39 is 10.0 Å². The molecule has 6 rings (SSSR count). The number of rotatable bonds is 7. The van der Waals surface area contributed by atoms with Crippen molar-refractivity contribution < 1.29 is 22.7 Å². The predicted molar refractivity (Wildman–Crippen MR) is 183 cm³/mol. The van der Waals surface area contributed by atoms with Crippen LogP contribution in [0.1, 0.15) is 80.2 Å². The van der Waals surface area contributed by atoms with Gasteiger partial charge in [-0.25, -0.2) is 28.1 Å². The Balaban J connectivity index is 1.45. The maximum atomic E-state index is 14.6. The Morgan fingerprint density at radius 1 is 0.979 bits per heavy atom. The second-order valence-corrected chi connectivity index (χ2v) is 15.0. The van der Waals surface area contributed by atoms with Crippen LogP contribution in [0, 0.1) is 19.8 Å². The smallest absolute Gasteiger partial charge is 0.264 e. The number of sulfonamides is 1. The van der Waals surface area contributed by atoms with Gasteiger partial charge in [-0.05, 0) is 82.2 Å². The Morgan fingerprint density at radius 3 is 2.33 bits per heavy atom. The third kappa shape index (κ3) is 6.99. The molecule has 0 spiro atoms. The van der Waals surface area contributed by atoms with Crippen molar-refractivity contribution in [2.45, 2.75) is 89.8 Å². The number of benzene rings is 2. The largest absolute Gasteiger partial charge is 0.488 e. The van der Waals surface area contributed by atoms with Gasteiger partial charge in [0.25, 0.3) is 15.9 Å². The Kier molecular flexibility index (Phi) is 9.37. The molecule has 4 aromatic rings. The van der Waals surface area contributed by atoms with Crippen LogP contribution in [-0.4, -0.2) is 64.0 Å². The highest BCUT2D eigenvalue weighted by Gasteiger charge is 2.44. The van der Waals surface area contributed by atoms with Gasteiger partial charge in [-0.3, -0.25) is 4.79 Å². The fraction of sp³-hybridized carbons (Fsp3) is 0.417. The van der Waals surface area contributed by atoms with Crippen molar-refractivity contribution in [3.8, 4) is 22.9 Å². The van der Waals surface area contributed by atoms with Gasteiger partial charge in [-0.1, -0.05) is 38.1 Å². The molecule has 3 atom stereocenters. The molecule has 0 radical (unpaired) electrons. The first kappa shape index (κ1) is 33.3. The van der Waals surface area contributed by atoms with Crippen LogP contribution in [-0.2, 0) is 10.0 Å². The lowest BCUT2D eigenvalue weighted by Crippen LogP contribution is -2.56. The summed E-state index contributed by atoms with van der Waals surface area (Å²) in [6.45, 7) is 12.2. The van der Waals surface area contributed by atoms with Crippen LogP contribution in [0.3, 0.4) is 0 Å². The molecule has 4 bridgehead atoms. The van der Waals surface area contributed by atoms with Crippen molar-refractivity contribution >= 4 is 21.9 Å². The topological polar surface area (TPSA) is 136 Å². The minimum Gasteiger partial charge on any atom is -0.488 e. The molecule has 3 heterocycles. The summed E-state index contributed by atoms with van der Waals surface area (Å²) < 4.78 is 42.1. The van der Waals surface area contributed by atoms with Gasteiger partial charge in [0.15, 0.2) is 5.75 Å². The fourth-order valence-corrected chi connectivity index (χ4v) is 7.55. The van der Waals surface area contributed by atoms with E-state index in [1.165, 1.54) is 12.1 Å². The van der Waals surface area contributed by atoms with Crippen LogP contribution in [0.25, 0.3) is 11.3 Å². The lowest BCUT2D eigenvalue weighted by atomic mass is 9.76. The predicted octanol–water partition coefficient (Wildman–Crippen LogP) is 6.33. The highest BCUT2D eigenvalue weighted by molar-refractivity contribution is 7.92. The Bertz CT molecular complexity index is 1890. The molecule has 1 aliphatic heterocycles. The van der Waals surface area contributed by atoms with E-state index in [0.717, 1.165) is 29.5 Å². The summed E-state index contributed by atoms with van der Waals surface area (Å²) in [7, 11) is -4.16. The number of fused-ring (bicyclic) bond motifs is 4. The quantitative estimate of drug-likeness (QED) is 0.239. The first-order chi connectivity index (χ1) is 22.9. The van der Waals surface area contributed by atoms with E-state index in [1.54, 1.807) is 30.6 Å². The molecule has 1 fully saturated rings. The van der Waals surface area contributed by atoms with Crippen molar-refractivity contribution in [2.75, 3.05) is 11.3 Å². The summed E-state index contributed by atoms with van der Waals surface area (Å²) in [5.41, 5.74) is 3.63. The van der Waals surface area contributed by atoms with Gasteiger partial charge in [0.05, 0.1) is 35.1 Å². The van der Waals surface area contributed by atoms with Crippen molar-refractivity contribution in [1.29, 1.82) is 0 Å². The molecular formula is C36H42N6O5S. The number of amides is 1. The number of aromatic nitrogens is 4. The molecule has 2 aromatic heterocycles. The Labute approximate surface area is 282 Å². The lowest BCUT2D eigenvalue weighted by molar-refractivity contribution is 0.0204. The average Bonchev–Trinajstić information content (AvgIpc) is 3.01. The van der Waals surface area contributed by atoms with Gasteiger partial charge in [0.1, 0.15) is 12.4 Å². The number of ether oxygens (including phenoxy) is 2. The van der Waals surface area contributed by atoms with Crippen LogP contribution in [0.4, 0.5) is 5.95 Å². The van der Waals surface area contributed by atoms with Crippen LogP contribution in [0.5, 0.6) is 11.6 Å². The number of nitrogens with one attached hydrogen (secondary N) is 1. The first-order valence-electron chi connectivity index (χ1n) is 16.4. The van der Waals surface area contributed by atoms with E-state index in [0.29, 0.717) is 23.7 Å². The molecular weight excluding hydrogens is 629 g/mol. The van der Waals surface area contributed by atoms with Gasteiger partial charge < -0.3 is 14.4 Å². The van der Waals surface area contributed by atoms with Crippen molar-refractivity contribution in [1.82, 2.24) is 24.8 Å². The number of hydrogen-bond acceptors (Lipinski definition) is 9. The van der Waals surface area contributed by atoms with Crippen molar-refractivity contribution in [2.24, 2.45) is 5.92 Å². The zero-order valence-corrected chi connectivity index (χ0v) is 29.0. The third-order valence-corrected chi connectivity index (χ3v) is 10.1. The molecule has 1 amide bonds. The second kappa shape index (κ2) is 13.5. The summed E-state index contributed by atoms with van der Waals surface area (Å²) in [6.07, 6.45) is 5.54. The van der Waals surface area contributed by atoms with Crippen LogP contribution < -0.4 is 14.2 Å². The number of hydrogen-bond donors (Lipinski definition) is 1. The second-order valence-electron chi connectivity index (χ2n) is 13.3. The molecule has 0 saturated heterocycles. The highest BCUT2D eigenvalue weighted by Crippen LogP contribution is 2.42. The average molecular weight is 671 g/mol. The molecule has 1 N–H and O–H groups in total. The summed E-state index contributed by atoms with van der Waals surface area (Å²) in [4.78, 5) is 34.7. The number of carbonyl (C=O) groups is 1. The number of nitrogens with zero attached hydrogens (tertiary/aromatic N) is 5. The maximum Gasteiger partial charge on any atom is 0.264 e. The van der Waals surface area contributed by atoms with E-state index in [1.807, 2.05) is 50.8 Å². The van der Waals surface area contributed by atoms with E-state index in [9.17, 15) is 13.2 Å². The lowest BCUT2D eigenvalue weighted by Gasteiger charge is -2.47. The number of aryl methyl sites for hydroxylation is 2. The number of carbonyl (C=O) groups excluding carboxylic acids is 1. The Morgan fingerprint density at radius 2 is 1.69 bits per heavy atom. The Hall–Kier alpha value is -4.58. The van der Waals surface area contributed by atoms with E-state index >= 15 is 0 Å². The molecule has 48 heavy (non-hydrogen) atoms. The first-order valence-corrected chi connectivity index (χ1v) is 17.9. The minimum absolute atomic E-state index is 0.00518. The summed E-state index contributed by atoms with van der Waals surface area (Å²) in [5, 5.41) is 0. The van der Waals surface area contributed by atoms with Crippen LogP contribution in [0.15, 0.2) is 65.8 Å². The van der Waals surface area contributed by atoms with Gasteiger partial charge in [0, 0.05) is 29.2 Å². The maximum absolute atomic E-state index is 14.6. The van der Waals surface area contributed by atoms with Crippen molar-refractivity contribution in [3.63, 3.8) is 0 Å². The molecule has 2 aliphatic rings. The number of anilines is 1. The zero-order chi connectivity index (χ0) is 34.2. The van der Waals surface area contributed by atoms with Crippen LogP contribution in [0.2, 0.25) is 0 Å². The van der Waals surface area contributed by atoms with Gasteiger partial charge in [-0.15, -0.1) is 0 Å². The minimum atomic E-state index is -4.16. The molecule has 2 aromatic carbocycles. The SMILES string of the molecule is Cc1cccc(C)c1-c1cc2nc(n1)NS(=O)(=O)c1cccc(c1)C(=O)N(C1CCC1c1ncc(OC(C)C)cn1)C(CC(C)C)CO2. The summed E-state index contributed by atoms with van der Waals surface area (Å²) >= 11 is 0. The van der Waals surface area contributed by atoms with Crippen molar-refractivity contribution in [3.05, 3.63) is 83.4 Å². The molecule has 3 unspecified atom stereocenters. The van der Waals surface area contributed by atoms with E-state index in [-0.39, 0.29) is 64.8 Å². The van der Waals surface area contributed by atoms with Gasteiger partial charge in [-0.2, -0.15) is 4.98 Å². The highest BCUT2D eigenvalue weighted by atomic mass is 32.2. The fourth-order valence-electron chi connectivity index (χ4n) is 6.56. The molecule has 1 saturated carbocycles. The molecule has 1 aliphatic carbocycles. The van der Waals surface area contributed by atoms with Gasteiger partial charge >= 0.3 is 0 Å². The van der Waals surface area contributed by atoms with Gasteiger partial charge in [0.2, 0.25) is 11.8 Å². The zero-order valence-electron chi connectivity index (χ0n) is 28.2. The normalized spacial score (nSPS) is 20.5. The van der Waals surface area contributed by atoms with E-state index in [2.05, 4.69) is 38.5 Å².